The van der Waals surface area contributed by atoms with Gasteiger partial charge in [-0.15, -0.1) is 0 Å². The van der Waals surface area contributed by atoms with Crippen molar-refractivity contribution in [1.29, 1.82) is 0 Å². The summed E-state index contributed by atoms with van der Waals surface area (Å²) >= 11 is 0. The van der Waals surface area contributed by atoms with Crippen LogP contribution in [0.4, 0.5) is 21.0 Å². The second-order valence-electron chi connectivity index (χ2n) is 13.9. The largest absolute Gasteiger partial charge is 0.488 e. The Bertz CT molecular complexity index is 2330. The first kappa shape index (κ1) is 41.7. The lowest BCUT2D eigenvalue weighted by Crippen LogP contribution is -2.44. The monoisotopic (exact) mass is 802 g/mol. The quantitative estimate of drug-likeness (QED) is 0.0768. The molecule has 2 heterocycles. The topological polar surface area (TPSA) is 180 Å². The molecule has 0 fully saturated rings. The fraction of sp³-hybridized carbons (Fsp3) is 0.318. The number of nitrogens with zero attached hydrogens (tertiary/aromatic N) is 4. The minimum Gasteiger partial charge on any atom is -0.488 e. The number of aliphatic imine (C=N–C) groups is 1. The van der Waals surface area contributed by atoms with Gasteiger partial charge in [0.1, 0.15) is 30.8 Å². The Morgan fingerprint density at radius 2 is 1.69 bits per heavy atom. The Labute approximate surface area is 343 Å². The molecule has 1 aliphatic rings. The van der Waals surface area contributed by atoms with Gasteiger partial charge >= 0.3 is 12.2 Å². The third-order valence-corrected chi connectivity index (χ3v) is 9.99. The first-order valence-corrected chi connectivity index (χ1v) is 19.6. The van der Waals surface area contributed by atoms with E-state index in [1.54, 1.807) is 34.3 Å². The highest BCUT2D eigenvalue weighted by Crippen LogP contribution is 2.44. The molecule has 4 aromatic carbocycles. The second kappa shape index (κ2) is 19.5. The molecule has 0 unspecified atom stereocenters. The number of aromatic amines is 1. The van der Waals surface area contributed by atoms with Crippen LogP contribution in [-0.2, 0) is 32.2 Å². The third kappa shape index (κ3) is 9.80. The van der Waals surface area contributed by atoms with Gasteiger partial charge in [0.2, 0.25) is 11.8 Å². The van der Waals surface area contributed by atoms with Gasteiger partial charge in [-0.1, -0.05) is 62.4 Å². The lowest BCUT2D eigenvalue weighted by molar-refractivity contribution is -0.133. The Morgan fingerprint density at radius 1 is 0.932 bits per heavy atom. The zero-order valence-electron chi connectivity index (χ0n) is 34.0. The highest BCUT2D eigenvalue weighted by atomic mass is 16.5. The smallest absolute Gasteiger partial charge is 0.407 e. The second-order valence-corrected chi connectivity index (χ2v) is 13.9. The van der Waals surface area contributed by atoms with Crippen molar-refractivity contribution in [3.63, 3.8) is 0 Å². The van der Waals surface area contributed by atoms with Gasteiger partial charge in [-0.25, -0.2) is 14.6 Å². The number of nitrogens with one attached hydrogen (secondary N) is 4. The summed E-state index contributed by atoms with van der Waals surface area (Å²) < 4.78 is 15.7. The molecule has 0 spiro atoms. The summed E-state index contributed by atoms with van der Waals surface area (Å²) in [5.74, 6) is 0.894. The molecule has 308 valence electrons. The number of benzene rings is 4. The van der Waals surface area contributed by atoms with Gasteiger partial charge < -0.3 is 44.9 Å². The van der Waals surface area contributed by atoms with Gasteiger partial charge in [0.05, 0.1) is 50.6 Å². The molecule has 4 amide bonds. The maximum absolute atomic E-state index is 13.8. The van der Waals surface area contributed by atoms with Crippen LogP contribution >= 0.6 is 0 Å². The summed E-state index contributed by atoms with van der Waals surface area (Å²) in [7, 11) is 4.37. The number of fused-ring (bicyclic) bond motifs is 4. The van der Waals surface area contributed by atoms with E-state index in [0.717, 1.165) is 63.0 Å². The van der Waals surface area contributed by atoms with Gasteiger partial charge in [0.15, 0.2) is 0 Å². The lowest BCUT2D eigenvalue weighted by Gasteiger charge is -2.26. The third-order valence-electron chi connectivity index (χ3n) is 9.99. The number of methoxy groups -OCH3 is 2. The predicted molar refractivity (Wildman–Crippen MR) is 227 cm³/mol. The molecule has 0 saturated heterocycles. The normalized spacial score (nSPS) is 12.2. The number of carbonyl (C=O) groups is 4. The number of alkyl carbamates (subject to hydrolysis) is 2. The van der Waals surface area contributed by atoms with E-state index in [2.05, 4.69) is 48.9 Å². The molecule has 15 heteroatoms. The summed E-state index contributed by atoms with van der Waals surface area (Å²) in [5, 5.41) is 10.4. The first-order valence-electron chi connectivity index (χ1n) is 19.6. The fourth-order valence-corrected chi connectivity index (χ4v) is 7.10. The predicted octanol–water partition coefficient (Wildman–Crippen LogP) is 6.96. The van der Waals surface area contributed by atoms with Crippen LogP contribution in [0, 0.1) is 0 Å². The standard InChI is InChI=1S/C44H50N8O7/c1-6-18-51(42(54)40(50-44(56)58-5)28-11-9-8-10-12-28)20-17-46-35-16-14-29-22-34-32-15-13-30(21-31(32)27-59-37(34)23-33(29)41(35)45-3)36-24-47-38(49-36)26-52(19-7-2)39(53)25-48-43(55)57-4/h8-17,21-24,40,45H,6-7,18-20,25-27H2,1-5H3,(H,47,49)(H,48,55)(H,50,56)/b46-17+/t40-/m1/s1. The van der Waals surface area contributed by atoms with Gasteiger partial charge in [0, 0.05) is 37.3 Å². The van der Waals surface area contributed by atoms with Crippen LogP contribution in [0.2, 0.25) is 0 Å². The van der Waals surface area contributed by atoms with E-state index in [1.807, 2.05) is 63.4 Å². The van der Waals surface area contributed by atoms with Crippen molar-refractivity contribution in [3.8, 4) is 28.1 Å². The van der Waals surface area contributed by atoms with Crippen LogP contribution in [0.1, 0.15) is 49.7 Å². The van der Waals surface area contributed by atoms with Crippen molar-refractivity contribution in [3.05, 3.63) is 95.9 Å². The molecule has 1 atom stereocenters. The zero-order chi connectivity index (χ0) is 41.9. The number of aromatic nitrogens is 2. The Morgan fingerprint density at radius 3 is 2.42 bits per heavy atom. The number of H-pyrrole nitrogens is 1. The minimum atomic E-state index is -0.909. The van der Waals surface area contributed by atoms with E-state index in [4.69, 9.17) is 14.5 Å². The van der Waals surface area contributed by atoms with Crippen molar-refractivity contribution < 1.29 is 33.4 Å². The maximum Gasteiger partial charge on any atom is 0.407 e. The van der Waals surface area contributed by atoms with Crippen molar-refractivity contribution in [1.82, 2.24) is 30.4 Å². The molecule has 5 aromatic rings. The summed E-state index contributed by atoms with van der Waals surface area (Å²) in [4.78, 5) is 66.3. The van der Waals surface area contributed by atoms with E-state index in [-0.39, 0.29) is 31.4 Å². The number of amides is 4. The molecular weight excluding hydrogens is 753 g/mol. The van der Waals surface area contributed by atoms with Crippen LogP contribution in [-0.4, -0.2) is 97.4 Å². The molecule has 4 N–H and O–H groups in total. The molecule has 0 bridgehead atoms. The van der Waals surface area contributed by atoms with E-state index in [1.165, 1.54) is 14.2 Å². The molecule has 6 rings (SSSR count). The zero-order valence-corrected chi connectivity index (χ0v) is 34.0. The molecule has 1 aliphatic heterocycles. The maximum atomic E-state index is 13.8. The van der Waals surface area contributed by atoms with Crippen molar-refractivity contribution >= 4 is 52.4 Å². The SMILES string of the molecule is CCCN(Cc1ncc(-c2ccc3c(c2)COc2cc4c(NC)c(/N=C/CN(CCC)C(=O)[C@H](NC(=O)OC)c5ccccc5)ccc4cc2-3)[nH]1)C(=O)CNC(=O)OC. The highest BCUT2D eigenvalue weighted by Gasteiger charge is 2.27. The molecule has 0 aliphatic carbocycles. The van der Waals surface area contributed by atoms with E-state index < -0.39 is 18.2 Å². The fourth-order valence-electron chi connectivity index (χ4n) is 7.10. The molecule has 59 heavy (non-hydrogen) atoms. The summed E-state index contributed by atoms with van der Waals surface area (Å²) in [5.41, 5.74) is 7.00. The van der Waals surface area contributed by atoms with Crippen molar-refractivity contribution in [2.75, 3.05) is 52.8 Å². The molecule has 0 radical (unpaired) electrons. The minimum absolute atomic E-state index is 0.162. The summed E-state index contributed by atoms with van der Waals surface area (Å²) in [6.07, 6.45) is 3.60. The average Bonchev–Trinajstić information content (AvgIpc) is 3.74. The number of carbonyl (C=O) groups excluding carboxylic acids is 4. The number of anilines is 1. The number of ether oxygens (including phenoxy) is 3. The Hall–Kier alpha value is -6.90. The van der Waals surface area contributed by atoms with Gasteiger partial charge in [-0.2, -0.15) is 0 Å². The molecule has 0 saturated carbocycles. The molecule has 15 nitrogen and oxygen atoms in total. The van der Waals surface area contributed by atoms with Gasteiger partial charge in [-0.05, 0) is 64.7 Å². The van der Waals surface area contributed by atoms with E-state index in [9.17, 15) is 19.2 Å². The Kier molecular flexibility index (Phi) is 13.8. The number of hydrogen-bond acceptors (Lipinski definition) is 10. The van der Waals surface area contributed by atoms with Crippen molar-refractivity contribution in [2.24, 2.45) is 4.99 Å². The number of hydrogen-bond donors (Lipinski definition) is 4. The first-order chi connectivity index (χ1) is 28.7. The van der Waals surface area contributed by atoms with E-state index >= 15 is 0 Å². The van der Waals surface area contributed by atoms with Crippen LogP contribution in [0.15, 0.2) is 84.0 Å². The van der Waals surface area contributed by atoms with Crippen LogP contribution in [0.25, 0.3) is 33.2 Å². The summed E-state index contributed by atoms with van der Waals surface area (Å²) in [6, 6.07) is 22.5. The van der Waals surface area contributed by atoms with Crippen LogP contribution in [0.3, 0.4) is 0 Å². The molecular formula is C44H50N8O7. The van der Waals surface area contributed by atoms with E-state index in [0.29, 0.717) is 36.8 Å². The number of rotatable bonds is 16. The number of imidazole rings is 1. The molecule has 1 aromatic heterocycles. The highest BCUT2D eigenvalue weighted by molar-refractivity contribution is 6.03. The van der Waals surface area contributed by atoms with Crippen LogP contribution < -0.4 is 20.7 Å². The average molecular weight is 803 g/mol. The Balaban J connectivity index is 1.19. The summed E-state index contributed by atoms with van der Waals surface area (Å²) in [6.45, 7) is 5.68. The van der Waals surface area contributed by atoms with Gasteiger partial charge in [0.25, 0.3) is 0 Å². The van der Waals surface area contributed by atoms with Crippen LogP contribution in [0.5, 0.6) is 5.75 Å². The van der Waals surface area contributed by atoms with Gasteiger partial charge in [-0.3, -0.25) is 14.6 Å². The lowest BCUT2D eigenvalue weighted by atomic mass is 9.92. The van der Waals surface area contributed by atoms with Crippen molar-refractivity contribution in [2.45, 2.75) is 45.9 Å².